The van der Waals surface area contributed by atoms with Crippen molar-refractivity contribution in [3.05, 3.63) is 0 Å². The standard InChI is InChI=1S/O6P3S/c1-7(2)4-9(10)5-8(3)6-9/q+1/p+1. The van der Waals surface area contributed by atoms with Crippen molar-refractivity contribution in [3.63, 3.8) is 0 Å². The minimum absolute atomic E-state index is 2.21. The molecule has 1 heterocycles. The van der Waals surface area contributed by atoms with Gasteiger partial charge in [0.25, 0.3) is 0 Å². The fourth-order valence-electron chi connectivity index (χ4n) is 0.285. The molecule has 1 aliphatic heterocycles. The third-order valence-corrected chi connectivity index (χ3v) is 6.33. The van der Waals surface area contributed by atoms with Gasteiger partial charge in [-0.3, -0.25) is 0 Å². The predicted octanol–water partition coefficient (Wildman–Crippen LogP) is 1.58. The molecule has 56 valence electrons. The van der Waals surface area contributed by atoms with Gasteiger partial charge < -0.3 is 0 Å². The van der Waals surface area contributed by atoms with E-state index in [0.29, 0.717) is 0 Å². The largest absolute Gasteiger partial charge is 0.715 e. The van der Waals surface area contributed by atoms with E-state index in [9.17, 15) is 9.13 Å². The van der Waals surface area contributed by atoms with E-state index >= 15 is 0 Å². The minimum atomic E-state index is -3.09. The third kappa shape index (κ3) is 2.09. The topological polar surface area (TPSA) is 82.1 Å². The number of hydrogen-bond donors (Lipinski definition) is 1. The second kappa shape index (κ2) is 2.97. The summed E-state index contributed by atoms with van der Waals surface area (Å²) in [6.45, 7) is -3.09. The van der Waals surface area contributed by atoms with Gasteiger partial charge in [-0.1, -0.05) is 0 Å². The molecule has 0 spiro atoms. The lowest BCUT2D eigenvalue weighted by molar-refractivity contribution is 0.287. The van der Waals surface area contributed by atoms with Gasteiger partial charge >= 0.3 is 23.2 Å². The Bertz CT molecular complexity index is 219. The van der Waals surface area contributed by atoms with Crippen LogP contribution in [0.2, 0.25) is 0 Å². The molecule has 10 heavy (non-hydrogen) atoms. The summed E-state index contributed by atoms with van der Waals surface area (Å²) < 4.78 is 32.7. The van der Waals surface area contributed by atoms with Crippen LogP contribution in [0.15, 0.2) is 0 Å². The lowest BCUT2D eigenvalue weighted by Gasteiger charge is -2.05. The molecule has 0 aliphatic carbocycles. The van der Waals surface area contributed by atoms with E-state index < -0.39 is 23.2 Å². The first-order valence-corrected chi connectivity index (χ1v) is 6.62. The van der Waals surface area contributed by atoms with E-state index in [1.54, 1.807) is 0 Å². The van der Waals surface area contributed by atoms with E-state index in [-0.39, 0.29) is 0 Å². The molecule has 0 bridgehead atoms. The Morgan fingerprint density at radius 3 is 2.50 bits per heavy atom. The predicted molar refractivity (Wildman–Crippen MR) is 35.0 cm³/mol. The molecular weight excluding hydrogens is 221 g/mol. The molecule has 0 amide bonds. The highest BCUT2D eigenvalue weighted by Crippen LogP contribution is 2.75. The summed E-state index contributed by atoms with van der Waals surface area (Å²) in [6.07, 6.45) is 0. The van der Waals surface area contributed by atoms with Crippen molar-refractivity contribution in [2.45, 2.75) is 0 Å². The Hall–Kier alpha value is 0.690. The van der Waals surface area contributed by atoms with E-state index in [0.717, 1.165) is 0 Å². The van der Waals surface area contributed by atoms with Gasteiger partial charge in [0.1, 0.15) is 0 Å². The zero-order valence-corrected chi connectivity index (χ0v) is 7.74. The van der Waals surface area contributed by atoms with Crippen molar-refractivity contribution < 1.29 is 27.0 Å². The van der Waals surface area contributed by atoms with Gasteiger partial charge in [0, 0.05) is 20.9 Å². The first-order chi connectivity index (χ1) is 4.52. The van der Waals surface area contributed by atoms with Crippen molar-refractivity contribution in [1.29, 1.82) is 0 Å². The van der Waals surface area contributed by atoms with Gasteiger partial charge in [-0.05, 0) is 12.9 Å². The van der Waals surface area contributed by atoms with E-state index in [1.807, 2.05) is 0 Å². The normalized spacial score (nSPS) is 36.9. The van der Waals surface area contributed by atoms with Crippen molar-refractivity contribution in [2.75, 3.05) is 0 Å². The Morgan fingerprint density at radius 1 is 1.70 bits per heavy atom. The van der Waals surface area contributed by atoms with Crippen LogP contribution in [0.1, 0.15) is 0 Å². The molecule has 1 atom stereocenters. The molecule has 1 saturated heterocycles. The Morgan fingerprint density at radius 2 is 2.20 bits per heavy atom. The van der Waals surface area contributed by atoms with Crippen molar-refractivity contribution >= 4 is 35.0 Å². The average molecular weight is 222 g/mol. The number of rotatable bonds is 2. The summed E-state index contributed by atoms with van der Waals surface area (Å²) in [5, 5.41) is 0. The van der Waals surface area contributed by atoms with Crippen LogP contribution >= 0.6 is 23.2 Å². The highest BCUT2D eigenvalue weighted by molar-refractivity contribution is 8.13. The van der Waals surface area contributed by atoms with Crippen LogP contribution in [0.4, 0.5) is 0 Å². The molecular formula is HO6P3S+2. The van der Waals surface area contributed by atoms with Crippen LogP contribution in [0.3, 0.4) is 0 Å². The highest BCUT2D eigenvalue weighted by Gasteiger charge is 2.60. The van der Waals surface area contributed by atoms with Gasteiger partial charge in [-0.25, -0.2) is 0 Å². The molecule has 1 rings (SSSR count). The van der Waals surface area contributed by atoms with Crippen LogP contribution in [0.5, 0.6) is 0 Å². The molecule has 1 fully saturated rings. The fraction of sp³-hybridized carbons (Fsp3) is 0. The fourth-order valence-corrected chi connectivity index (χ4v) is 4.59. The number of hydrogen-bond acceptors (Lipinski definition) is 6. The van der Waals surface area contributed by atoms with Gasteiger partial charge in [-0.15, -0.1) is 4.89 Å². The van der Waals surface area contributed by atoms with Gasteiger partial charge in [-0.2, -0.15) is 0 Å². The summed E-state index contributed by atoms with van der Waals surface area (Å²) in [7, 11) is -5.05. The molecule has 0 aromatic rings. The molecule has 1 unspecified atom stereocenters. The second-order valence-corrected chi connectivity index (χ2v) is 6.27. The maximum Gasteiger partial charge on any atom is 0.715 e. The zero-order chi connectivity index (χ0) is 7.78. The van der Waals surface area contributed by atoms with E-state index in [1.165, 1.54) is 0 Å². The van der Waals surface area contributed by atoms with Crippen molar-refractivity contribution in [2.24, 2.45) is 0 Å². The molecule has 10 heteroatoms. The maximum absolute atomic E-state index is 10.1. The summed E-state index contributed by atoms with van der Waals surface area (Å²) in [6, 6.07) is 0. The SMILES string of the molecule is O=[P+](O)OP1(=S)O[P+](=O)O1. The first-order valence-electron chi connectivity index (χ1n) is 1.84. The molecule has 6 nitrogen and oxygen atoms in total. The van der Waals surface area contributed by atoms with Crippen LogP contribution < -0.4 is 0 Å². The van der Waals surface area contributed by atoms with Crippen LogP contribution in [-0.4, -0.2) is 4.89 Å². The Kier molecular flexibility index (Phi) is 2.61. The quantitative estimate of drug-likeness (QED) is 0.710. The smallest absolute Gasteiger partial charge is 0.133 e. The summed E-state index contributed by atoms with van der Waals surface area (Å²) in [5.41, 5.74) is 0. The zero-order valence-electron chi connectivity index (χ0n) is 4.24. The van der Waals surface area contributed by atoms with Gasteiger partial charge in [0.05, 0.1) is 0 Å². The lowest BCUT2D eigenvalue weighted by atomic mass is 15.7. The molecule has 0 radical (unpaired) electrons. The van der Waals surface area contributed by atoms with Crippen molar-refractivity contribution in [3.8, 4) is 0 Å². The van der Waals surface area contributed by atoms with E-state index in [4.69, 9.17) is 4.89 Å². The van der Waals surface area contributed by atoms with Gasteiger partial charge in [0.15, 0.2) is 0 Å². The monoisotopic (exact) mass is 222 g/mol. The molecule has 1 aliphatic rings. The maximum atomic E-state index is 10.1. The van der Waals surface area contributed by atoms with Crippen LogP contribution in [0, 0.1) is 0 Å². The molecule has 0 aromatic carbocycles. The van der Waals surface area contributed by atoms with Crippen LogP contribution in [0.25, 0.3) is 0 Å². The highest BCUT2D eigenvalue weighted by atomic mass is 32.5. The second-order valence-electron chi connectivity index (χ2n) is 1.15. The summed E-state index contributed by atoms with van der Waals surface area (Å²) >= 11 is 4.40. The van der Waals surface area contributed by atoms with E-state index in [2.05, 4.69) is 24.7 Å². The lowest BCUT2D eigenvalue weighted by Crippen LogP contribution is -1.95. The molecule has 0 aromatic heterocycles. The Balaban J connectivity index is 2.50. The third-order valence-electron chi connectivity index (χ3n) is 0.503. The summed E-state index contributed by atoms with van der Waals surface area (Å²) in [5.74, 6) is 0. The van der Waals surface area contributed by atoms with Crippen molar-refractivity contribution in [1.82, 2.24) is 0 Å². The van der Waals surface area contributed by atoms with Crippen LogP contribution in [-0.2, 0) is 33.9 Å². The molecule has 1 N–H and O–H groups in total. The first kappa shape index (κ1) is 8.78. The summed E-state index contributed by atoms with van der Waals surface area (Å²) in [4.78, 5) is 8.13. The average Bonchev–Trinajstić information content (AvgIpc) is 1.57. The van der Waals surface area contributed by atoms with Gasteiger partial charge in [0.2, 0.25) is 0 Å². The minimum Gasteiger partial charge on any atom is -0.133 e. The molecule has 0 saturated carbocycles. The Labute approximate surface area is 62.6 Å².